The van der Waals surface area contributed by atoms with E-state index in [0.29, 0.717) is 23.6 Å². The van der Waals surface area contributed by atoms with Gasteiger partial charge in [-0.2, -0.15) is 4.98 Å². The van der Waals surface area contributed by atoms with Gasteiger partial charge in [0.15, 0.2) is 0 Å². The molecule has 0 radical (unpaired) electrons. The molecule has 0 atom stereocenters. The maximum Gasteiger partial charge on any atom is 0.338 e. The maximum atomic E-state index is 11.5. The van der Waals surface area contributed by atoms with Crippen LogP contribution in [0.1, 0.15) is 23.0 Å². The van der Waals surface area contributed by atoms with Crippen molar-refractivity contribution in [2.45, 2.75) is 13.3 Å². The molecular formula is C14H14N2O5. The third-order valence-corrected chi connectivity index (χ3v) is 2.53. The summed E-state index contributed by atoms with van der Waals surface area (Å²) in [6.07, 6.45) is 1.08. The van der Waals surface area contributed by atoms with Crippen LogP contribution in [0.2, 0.25) is 0 Å². The number of carboxylic acid groups (broad SMARTS) is 1. The van der Waals surface area contributed by atoms with Crippen LogP contribution in [0, 0.1) is 0 Å². The van der Waals surface area contributed by atoms with Crippen molar-refractivity contribution in [3.05, 3.63) is 41.8 Å². The minimum absolute atomic E-state index is 0.190. The molecule has 0 aliphatic rings. The van der Waals surface area contributed by atoms with Crippen LogP contribution in [-0.4, -0.2) is 28.6 Å². The summed E-state index contributed by atoms with van der Waals surface area (Å²) in [5, 5.41) is 11.5. The Bertz CT molecular complexity index is 633. The molecule has 1 aromatic heterocycles. The number of carboxylic acids is 1. The van der Waals surface area contributed by atoms with Crippen LogP contribution in [0.5, 0.6) is 0 Å². The molecule has 7 heteroatoms. The Labute approximate surface area is 120 Å². The first kappa shape index (κ1) is 14.6. The molecule has 0 spiro atoms. The standard InChI is InChI=1S/C14H14N2O5/c1-2-20-13(19)9-3-5-10(6-4-9)15-14-16-11(8-21-14)7-12(17)18/h3-6,8H,2,7H2,1H3,(H,15,16)(H,17,18). The second-order valence-corrected chi connectivity index (χ2v) is 4.14. The van der Waals surface area contributed by atoms with E-state index in [-0.39, 0.29) is 18.4 Å². The average molecular weight is 290 g/mol. The number of carbonyl (C=O) groups excluding carboxylic acids is 1. The number of benzene rings is 1. The Morgan fingerprint density at radius 2 is 2.05 bits per heavy atom. The molecule has 0 saturated carbocycles. The van der Waals surface area contributed by atoms with Crippen molar-refractivity contribution in [2.75, 3.05) is 11.9 Å². The molecule has 21 heavy (non-hydrogen) atoms. The van der Waals surface area contributed by atoms with Crippen molar-refractivity contribution in [3.8, 4) is 0 Å². The third kappa shape index (κ3) is 4.07. The van der Waals surface area contributed by atoms with Gasteiger partial charge in [-0.3, -0.25) is 4.79 Å². The highest BCUT2D eigenvalue weighted by Gasteiger charge is 2.09. The minimum atomic E-state index is -0.978. The number of ether oxygens (including phenoxy) is 1. The van der Waals surface area contributed by atoms with Crippen LogP contribution in [0.4, 0.5) is 11.7 Å². The lowest BCUT2D eigenvalue weighted by atomic mass is 10.2. The maximum absolute atomic E-state index is 11.5. The molecule has 1 heterocycles. The predicted octanol–water partition coefficient (Wildman–Crippen LogP) is 2.22. The van der Waals surface area contributed by atoms with Crippen LogP contribution >= 0.6 is 0 Å². The van der Waals surface area contributed by atoms with Gasteiger partial charge < -0.3 is 19.6 Å². The van der Waals surface area contributed by atoms with E-state index in [4.69, 9.17) is 14.3 Å². The molecule has 2 N–H and O–H groups in total. The molecular weight excluding hydrogens is 276 g/mol. The quantitative estimate of drug-likeness (QED) is 0.786. The van der Waals surface area contributed by atoms with Crippen molar-refractivity contribution in [3.63, 3.8) is 0 Å². The van der Waals surface area contributed by atoms with Gasteiger partial charge in [0.25, 0.3) is 6.01 Å². The summed E-state index contributed by atoms with van der Waals surface area (Å²) >= 11 is 0. The van der Waals surface area contributed by atoms with Gasteiger partial charge in [-0.15, -0.1) is 0 Å². The molecule has 7 nitrogen and oxygen atoms in total. The molecule has 0 aliphatic heterocycles. The fraction of sp³-hybridized carbons (Fsp3) is 0.214. The molecule has 2 aromatic rings. The normalized spacial score (nSPS) is 10.1. The lowest BCUT2D eigenvalue weighted by Crippen LogP contribution is -2.04. The van der Waals surface area contributed by atoms with Crippen LogP contribution in [0.15, 0.2) is 34.9 Å². The zero-order chi connectivity index (χ0) is 15.2. The number of hydrogen-bond donors (Lipinski definition) is 2. The first-order valence-electron chi connectivity index (χ1n) is 6.29. The first-order chi connectivity index (χ1) is 10.1. The lowest BCUT2D eigenvalue weighted by molar-refractivity contribution is -0.136. The van der Waals surface area contributed by atoms with E-state index < -0.39 is 5.97 Å². The van der Waals surface area contributed by atoms with Gasteiger partial charge in [-0.1, -0.05) is 0 Å². The van der Waals surface area contributed by atoms with Gasteiger partial charge in [0.1, 0.15) is 6.26 Å². The van der Waals surface area contributed by atoms with E-state index in [1.54, 1.807) is 31.2 Å². The second kappa shape index (κ2) is 6.56. The van der Waals surface area contributed by atoms with Crippen LogP contribution in [0.25, 0.3) is 0 Å². The van der Waals surface area contributed by atoms with Crippen molar-refractivity contribution in [2.24, 2.45) is 0 Å². The molecule has 0 bridgehead atoms. The summed E-state index contributed by atoms with van der Waals surface area (Å²) in [5.41, 5.74) is 1.43. The van der Waals surface area contributed by atoms with Crippen molar-refractivity contribution >= 4 is 23.6 Å². The monoisotopic (exact) mass is 290 g/mol. The topological polar surface area (TPSA) is 102 Å². The molecule has 110 valence electrons. The molecule has 0 aliphatic carbocycles. The minimum Gasteiger partial charge on any atom is -0.481 e. The number of aromatic nitrogens is 1. The summed E-state index contributed by atoms with van der Waals surface area (Å²) < 4.78 is 9.99. The number of oxazole rings is 1. The van der Waals surface area contributed by atoms with E-state index in [1.807, 2.05) is 0 Å². The van der Waals surface area contributed by atoms with Crippen molar-refractivity contribution < 1.29 is 23.8 Å². The summed E-state index contributed by atoms with van der Waals surface area (Å²) in [7, 11) is 0. The van der Waals surface area contributed by atoms with Gasteiger partial charge in [-0.05, 0) is 31.2 Å². The smallest absolute Gasteiger partial charge is 0.338 e. The number of carbonyl (C=O) groups is 2. The van der Waals surface area contributed by atoms with E-state index >= 15 is 0 Å². The number of hydrogen-bond acceptors (Lipinski definition) is 6. The van der Waals surface area contributed by atoms with Gasteiger partial charge in [-0.25, -0.2) is 4.79 Å². The van der Waals surface area contributed by atoms with Crippen molar-refractivity contribution in [1.82, 2.24) is 4.98 Å². The van der Waals surface area contributed by atoms with E-state index in [1.165, 1.54) is 6.26 Å². The number of rotatable bonds is 6. The Hall–Kier alpha value is -2.83. The average Bonchev–Trinajstić information content (AvgIpc) is 2.86. The highest BCUT2D eigenvalue weighted by molar-refractivity contribution is 5.89. The van der Waals surface area contributed by atoms with Crippen LogP contribution in [0.3, 0.4) is 0 Å². The van der Waals surface area contributed by atoms with Gasteiger partial charge >= 0.3 is 11.9 Å². The molecule has 0 unspecified atom stereocenters. The highest BCUT2D eigenvalue weighted by atomic mass is 16.5. The lowest BCUT2D eigenvalue weighted by Gasteiger charge is -2.04. The predicted molar refractivity (Wildman–Crippen MR) is 73.5 cm³/mol. The molecule has 0 amide bonds. The number of aliphatic carboxylic acids is 1. The largest absolute Gasteiger partial charge is 0.481 e. The van der Waals surface area contributed by atoms with Crippen LogP contribution < -0.4 is 5.32 Å². The van der Waals surface area contributed by atoms with E-state index in [9.17, 15) is 9.59 Å². The first-order valence-corrected chi connectivity index (χ1v) is 6.29. The number of nitrogens with one attached hydrogen (secondary N) is 1. The van der Waals surface area contributed by atoms with Crippen LogP contribution in [-0.2, 0) is 16.0 Å². The van der Waals surface area contributed by atoms with Crippen molar-refractivity contribution in [1.29, 1.82) is 0 Å². The zero-order valence-electron chi connectivity index (χ0n) is 11.3. The Balaban J connectivity index is 2.01. The fourth-order valence-electron chi connectivity index (χ4n) is 1.63. The fourth-order valence-corrected chi connectivity index (χ4v) is 1.63. The van der Waals surface area contributed by atoms with E-state index in [0.717, 1.165) is 0 Å². The number of nitrogens with zero attached hydrogens (tertiary/aromatic N) is 1. The summed E-state index contributed by atoms with van der Waals surface area (Å²) in [6.45, 7) is 2.06. The molecule has 2 rings (SSSR count). The summed E-state index contributed by atoms with van der Waals surface area (Å²) in [4.78, 5) is 26.0. The molecule has 0 saturated heterocycles. The van der Waals surface area contributed by atoms with Gasteiger partial charge in [0.2, 0.25) is 0 Å². The van der Waals surface area contributed by atoms with Gasteiger partial charge in [0.05, 0.1) is 24.3 Å². The number of anilines is 2. The number of esters is 1. The Morgan fingerprint density at radius 1 is 1.33 bits per heavy atom. The SMILES string of the molecule is CCOC(=O)c1ccc(Nc2nc(CC(=O)O)co2)cc1. The molecule has 1 aromatic carbocycles. The summed E-state index contributed by atoms with van der Waals surface area (Å²) in [6, 6.07) is 6.76. The zero-order valence-corrected chi connectivity index (χ0v) is 11.3. The summed E-state index contributed by atoms with van der Waals surface area (Å²) in [5.74, 6) is -1.36. The van der Waals surface area contributed by atoms with E-state index in [2.05, 4.69) is 10.3 Å². The van der Waals surface area contributed by atoms with Gasteiger partial charge in [0, 0.05) is 5.69 Å². The second-order valence-electron chi connectivity index (χ2n) is 4.14. The Morgan fingerprint density at radius 3 is 2.67 bits per heavy atom. The molecule has 0 fully saturated rings. The highest BCUT2D eigenvalue weighted by Crippen LogP contribution is 2.17. The Kier molecular flexibility index (Phi) is 4.55. The third-order valence-electron chi connectivity index (χ3n) is 2.53.